The summed E-state index contributed by atoms with van der Waals surface area (Å²) in [7, 11) is -1.70. The summed E-state index contributed by atoms with van der Waals surface area (Å²) in [6, 6.07) is 2.46. The predicted molar refractivity (Wildman–Crippen MR) is 74.1 cm³/mol. The van der Waals surface area contributed by atoms with Gasteiger partial charge in [-0.25, -0.2) is 25.5 Å². The van der Waals surface area contributed by atoms with Crippen LogP contribution in [-0.4, -0.2) is 34.7 Å². The Hall–Kier alpha value is -0.700. The van der Waals surface area contributed by atoms with E-state index in [4.69, 9.17) is 10.7 Å². The van der Waals surface area contributed by atoms with Gasteiger partial charge in [0.25, 0.3) is 9.05 Å². The van der Waals surface area contributed by atoms with Crippen molar-refractivity contribution < 1.29 is 21.2 Å². The molecule has 114 valence electrons. The van der Waals surface area contributed by atoms with Crippen LogP contribution in [0.1, 0.15) is 13.8 Å². The summed E-state index contributed by atoms with van der Waals surface area (Å²) in [4.78, 5) is -1.06. The Morgan fingerprint density at radius 1 is 1.25 bits per heavy atom. The molecule has 5 nitrogen and oxygen atoms in total. The van der Waals surface area contributed by atoms with E-state index in [-0.39, 0.29) is 12.5 Å². The van der Waals surface area contributed by atoms with E-state index in [0.717, 1.165) is 16.4 Å². The highest BCUT2D eigenvalue weighted by Crippen LogP contribution is 2.23. The number of hydrogen-bond donors (Lipinski definition) is 0. The van der Waals surface area contributed by atoms with Crippen molar-refractivity contribution in [1.82, 2.24) is 4.31 Å². The fourth-order valence-corrected chi connectivity index (χ4v) is 3.76. The fourth-order valence-electron chi connectivity index (χ4n) is 1.62. The van der Waals surface area contributed by atoms with Gasteiger partial charge in [-0.2, -0.15) is 0 Å². The summed E-state index contributed by atoms with van der Waals surface area (Å²) in [5, 5.41) is 0. The summed E-state index contributed by atoms with van der Waals surface area (Å²) in [6.07, 6.45) is 0. The van der Waals surface area contributed by atoms with Crippen LogP contribution in [0.2, 0.25) is 0 Å². The van der Waals surface area contributed by atoms with Gasteiger partial charge >= 0.3 is 0 Å². The van der Waals surface area contributed by atoms with Crippen molar-refractivity contribution in [3.63, 3.8) is 0 Å². The quantitative estimate of drug-likeness (QED) is 0.767. The summed E-state index contributed by atoms with van der Waals surface area (Å²) >= 11 is 0. The van der Waals surface area contributed by atoms with Crippen molar-refractivity contribution >= 4 is 29.8 Å². The summed E-state index contributed by atoms with van der Waals surface area (Å²) in [5.41, 5.74) is 0. The van der Waals surface area contributed by atoms with Crippen molar-refractivity contribution in [2.45, 2.75) is 23.6 Å². The molecule has 1 aromatic carbocycles. The predicted octanol–water partition coefficient (Wildman–Crippen LogP) is 2.03. The molecule has 0 saturated carbocycles. The first-order valence-corrected chi connectivity index (χ1v) is 9.41. The molecule has 0 amide bonds. The van der Waals surface area contributed by atoms with E-state index in [2.05, 4.69) is 0 Å². The van der Waals surface area contributed by atoms with Gasteiger partial charge < -0.3 is 0 Å². The number of nitrogens with zero attached hydrogens (tertiary/aromatic N) is 1. The number of sulfonamides is 1. The molecule has 20 heavy (non-hydrogen) atoms. The molecular weight excluding hydrogens is 329 g/mol. The Bertz CT molecular complexity index is 701. The van der Waals surface area contributed by atoms with Crippen molar-refractivity contribution in [2.75, 3.05) is 13.6 Å². The summed E-state index contributed by atoms with van der Waals surface area (Å²) < 4.78 is 61.3. The second-order valence-electron chi connectivity index (χ2n) is 4.71. The molecule has 1 rings (SSSR count). The molecule has 0 radical (unpaired) electrons. The van der Waals surface area contributed by atoms with Crippen LogP contribution in [0.3, 0.4) is 0 Å². The number of rotatable bonds is 5. The average molecular weight is 344 g/mol. The van der Waals surface area contributed by atoms with E-state index < -0.39 is 34.7 Å². The molecule has 0 N–H and O–H groups in total. The average Bonchev–Trinajstić information content (AvgIpc) is 2.26. The minimum atomic E-state index is -4.10. The van der Waals surface area contributed by atoms with E-state index in [9.17, 15) is 21.2 Å². The maximum Gasteiger partial charge on any atom is 0.261 e. The Morgan fingerprint density at radius 2 is 1.80 bits per heavy atom. The maximum atomic E-state index is 13.8. The zero-order valence-electron chi connectivity index (χ0n) is 11.2. The van der Waals surface area contributed by atoms with Gasteiger partial charge in [-0.3, -0.25) is 0 Å². The molecule has 1 aromatic rings. The van der Waals surface area contributed by atoms with Crippen LogP contribution in [0.4, 0.5) is 4.39 Å². The molecule has 0 bridgehead atoms. The highest BCUT2D eigenvalue weighted by atomic mass is 35.7. The minimum Gasteiger partial charge on any atom is -0.207 e. The SMILES string of the molecule is CC(C)CN(C)S(=O)(=O)c1ccc(S(=O)(=O)Cl)cc1F. The largest absolute Gasteiger partial charge is 0.261 e. The topological polar surface area (TPSA) is 71.5 Å². The molecule has 0 fully saturated rings. The second kappa shape index (κ2) is 5.97. The number of hydrogen-bond acceptors (Lipinski definition) is 4. The third kappa shape index (κ3) is 3.91. The van der Waals surface area contributed by atoms with E-state index in [0.29, 0.717) is 6.07 Å². The number of halogens is 2. The molecule has 9 heteroatoms. The van der Waals surface area contributed by atoms with Crippen LogP contribution in [0.5, 0.6) is 0 Å². The van der Waals surface area contributed by atoms with E-state index in [1.807, 2.05) is 13.8 Å². The molecule has 0 unspecified atom stereocenters. The van der Waals surface area contributed by atoms with E-state index in [1.54, 1.807) is 0 Å². The standard InChI is InChI=1S/C11H15ClFNO4S2/c1-8(2)7-14(3)20(17,18)11-5-4-9(6-10(11)13)19(12,15)16/h4-6,8H,7H2,1-3H3. The Kier molecular flexibility index (Phi) is 5.18. The second-order valence-corrected chi connectivity index (χ2v) is 9.29. The Labute approximate surface area is 122 Å². The maximum absolute atomic E-state index is 13.8. The van der Waals surface area contributed by atoms with Crippen molar-refractivity contribution in [3.05, 3.63) is 24.0 Å². The van der Waals surface area contributed by atoms with Gasteiger partial charge in [-0.05, 0) is 24.1 Å². The third-order valence-electron chi connectivity index (χ3n) is 2.50. The monoisotopic (exact) mass is 343 g/mol. The molecule has 0 saturated heterocycles. The smallest absolute Gasteiger partial charge is 0.207 e. The van der Waals surface area contributed by atoms with Gasteiger partial charge in [0.15, 0.2) is 0 Å². The lowest BCUT2D eigenvalue weighted by atomic mass is 10.2. The zero-order chi connectivity index (χ0) is 15.7. The highest BCUT2D eigenvalue weighted by molar-refractivity contribution is 8.13. The Balaban J connectivity index is 3.28. The van der Waals surface area contributed by atoms with Crippen molar-refractivity contribution in [1.29, 1.82) is 0 Å². The van der Waals surface area contributed by atoms with Crippen LogP contribution in [0.25, 0.3) is 0 Å². The fraction of sp³-hybridized carbons (Fsp3) is 0.455. The molecular formula is C11H15ClFNO4S2. The van der Waals surface area contributed by atoms with Gasteiger partial charge in [0.1, 0.15) is 10.7 Å². The first-order chi connectivity index (χ1) is 8.96. The lowest BCUT2D eigenvalue weighted by Crippen LogP contribution is -2.31. The lowest BCUT2D eigenvalue weighted by molar-refractivity contribution is 0.414. The first-order valence-electron chi connectivity index (χ1n) is 5.67. The van der Waals surface area contributed by atoms with E-state index >= 15 is 0 Å². The molecule has 0 aromatic heterocycles. The molecule has 0 spiro atoms. The Morgan fingerprint density at radius 3 is 2.20 bits per heavy atom. The van der Waals surface area contributed by atoms with Crippen molar-refractivity contribution in [3.8, 4) is 0 Å². The van der Waals surface area contributed by atoms with Gasteiger partial charge in [0, 0.05) is 24.3 Å². The molecule has 0 aliphatic heterocycles. The van der Waals surface area contributed by atoms with Gasteiger partial charge in [0.05, 0.1) is 4.90 Å². The normalized spacial score (nSPS) is 13.2. The van der Waals surface area contributed by atoms with Crippen LogP contribution in [-0.2, 0) is 19.1 Å². The van der Waals surface area contributed by atoms with E-state index in [1.165, 1.54) is 7.05 Å². The lowest BCUT2D eigenvalue weighted by Gasteiger charge is -2.19. The summed E-state index contributed by atoms with van der Waals surface area (Å²) in [5.74, 6) is -1.08. The highest BCUT2D eigenvalue weighted by Gasteiger charge is 2.26. The molecule has 0 aliphatic carbocycles. The minimum absolute atomic E-state index is 0.0697. The van der Waals surface area contributed by atoms with Gasteiger partial charge in [-0.15, -0.1) is 0 Å². The van der Waals surface area contributed by atoms with Crippen LogP contribution in [0.15, 0.2) is 28.0 Å². The molecule has 0 aliphatic rings. The zero-order valence-corrected chi connectivity index (χ0v) is 13.6. The third-order valence-corrected chi connectivity index (χ3v) is 5.70. The molecule has 0 atom stereocenters. The van der Waals surface area contributed by atoms with Crippen LogP contribution >= 0.6 is 10.7 Å². The summed E-state index contributed by atoms with van der Waals surface area (Å²) in [6.45, 7) is 3.87. The number of benzene rings is 1. The van der Waals surface area contributed by atoms with Crippen LogP contribution < -0.4 is 0 Å². The van der Waals surface area contributed by atoms with Gasteiger partial charge in [0.2, 0.25) is 10.0 Å². The molecule has 0 heterocycles. The van der Waals surface area contributed by atoms with Crippen molar-refractivity contribution in [2.24, 2.45) is 5.92 Å². The van der Waals surface area contributed by atoms with Gasteiger partial charge in [-0.1, -0.05) is 13.8 Å². The van der Waals surface area contributed by atoms with Crippen LogP contribution in [0, 0.1) is 11.7 Å². The first kappa shape index (κ1) is 17.4.